The van der Waals surface area contributed by atoms with E-state index < -0.39 is 15.6 Å². The number of benzene rings is 3. The third-order valence-electron chi connectivity index (χ3n) is 4.13. The lowest BCUT2D eigenvalue weighted by molar-refractivity contribution is 0.601. The summed E-state index contributed by atoms with van der Waals surface area (Å²) in [4.78, 5) is 19.9. The Morgan fingerprint density at radius 3 is 2.43 bits per heavy atom. The number of nitrogens with one attached hydrogen (secondary N) is 2. The highest BCUT2D eigenvalue weighted by molar-refractivity contribution is 7.92. The monoisotopic (exact) mass is 411 g/mol. The van der Waals surface area contributed by atoms with Gasteiger partial charge in [0, 0.05) is 10.6 Å². The van der Waals surface area contributed by atoms with Gasteiger partial charge in [0.25, 0.3) is 15.6 Å². The summed E-state index contributed by atoms with van der Waals surface area (Å²) < 4.78 is 28.0. The van der Waals surface area contributed by atoms with Gasteiger partial charge >= 0.3 is 0 Å². The second-order valence-electron chi connectivity index (χ2n) is 6.04. The molecule has 4 aromatic rings. The molecule has 0 radical (unpaired) electrons. The van der Waals surface area contributed by atoms with E-state index in [4.69, 9.17) is 11.6 Å². The zero-order valence-corrected chi connectivity index (χ0v) is 16.0. The molecule has 3 aromatic carbocycles. The van der Waals surface area contributed by atoms with Gasteiger partial charge in [-0.3, -0.25) is 9.52 Å². The first-order valence-electron chi connectivity index (χ1n) is 8.31. The number of aromatic nitrogens is 2. The summed E-state index contributed by atoms with van der Waals surface area (Å²) in [6.45, 7) is 0. The molecule has 0 aliphatic rings. The van der Waals surface area contributed by atoms with Crippen LogP contribution in [0.1, 0.15) is 0 Å². The predicted molar refractivity (Wildman–Crippen MR) is 110 cm³/mol. The number of hydrogen-bond acceptors (Lipinski definition) is 4. The quantitative estimate of drug-likeness (QED) is 0.530. The first-order valence-corrected chi connectivity index (χ1v) is 10.2. The van der Waals surface area contributed by atoms with Gasteiger partial charge in [0.05, 0.1) is 21.6 Å². The number of H-pyrrole nitrogens is 1. The molecule has 140 valence electrons. The largest absolute Gasteiger partial charge is 0.319 e. The maximum absolute atomic E-state index is 12.7. The van der Waals surface area contributed by atoms with Crippen LogP contribution in [0.25, 0.3) is 22.3 Å². The Balaban J connectivity index is 1.87. The summed E-state index contributed by atoms with van der Waals surface area (Å²) in [5.41, 5.74) is 1.35. The van der Waals surface area contributed by atoms with Crippen LogP contribution in [0.2, 0.25) is 5.02 Å². The van der Waals surface area contributed by atoms with Gasteiger partial charge in [-0.25, -0.2) is 13.4 Å². The summed E-state index contributed by atoms with van der Waals surface area (Å²) in [7, 11) is -3.86. The zero-order valence-electron chi connectivity index (χ0n) is 14.4. The lowest BCUT2D eigenvalue weighted by Gasteiger charge is -2.13. The van der Waals surface area contributed by atoms with Gasteiger partial charge in [0.15, 0.2) is 0 Å². The number of fused-ring (bicyclic) bond motifs is 1. The summed E-state index contributed by atoms with van der Waals surface area (Å²) in [6.07, 6.45) is 0. The fourth-order valence-electron chi connectivity index (χ4n) is 2.82. The molecule has 4 rings (SSSR count). The fraction of sp³-hybridized carbons (Fsp3) is 0. The Labute approximate surface area is 165 Å². The minimum Gasteiger partial charge on any atom is -0.319 e. The lowest BCUT2D eigenvalue weighted by atomic mass is 10.1. The number of halogens is 1. The second kappa shape index (κ2) is 7.10. The van der Waals surface area contributed by atoms with E-state index in [2.05, 4.69) is 14.7 Å². The van der Waals surface area contributed by atoms with E-state index in [-0.39, 0.29) is 16.3 Å². The number of hydrogen-bond donors (Lipinski definition) is 2. The third kappa shape index (κ3) is 3.49. The van der Waals surface area contributed by atoms with E-state index in [1.807, 2.05) is 0 Å². The van der Waals surface area contributed by atoms with Crippen LogP contribution in [-0.2, 0) is 10.0 Å². The van der Waals surface area contributed by atoms with E-state index in [0.717, 1.165) is 0 Å². The van der Waals surface area contributed by atoms with Crippen LogP contribution in [0.3, 0.4) is 0 Å². The van der Waals surface area contributed by atoms with Gasteiger partial charge in [0.2, 0.25) is 0 Å². The topological polar surface area (TPSA) is 91.9 Å². The van der Waals surface area contributed by atoms with Crippen molar-refractivity contribution >= 4 is 38.3 Å². The van der Waals surface area contributed by atoms with Crippen molar-refractivity contribution in [3.05, 3.63) is 88.2 Å². The van der Waals surface area contributed by atoms with Crippen LogP contribution >= 0.6 is 11.6 Å². The van der Waals surface area contributed by atoms with Gasteiger partial charge < -0.3 is 4.98 Å². The second-order valence-corrected chi connectivity index (χ2v) is 8.16. The molecule has 0 aliphatic heterocycles. The fourth-order valence-corrected chi connectivity index (χ4v) is 4.09. The lowest BCUT2D eigenvalue weighted by Crippen LogP contribution is -2.16. The van der Waals surface area contributed by atoms with Crippen molar-refractivity contribution in [1.82, 2.24) is 9.97 Å². The van der Waals surface area contributed by atoms with Crippen molar-refractivity contribution in [2.24, 2.45) is 0 Å². The van der Waals surface area contributed by atoms with Crippen LogP contribution in [0, 0.1) is 0 Å². The molecule has 1 heterocycles. The summed E-state index contributed by atoms with van der Waals surface area (Å²) in [5.74, 6) is 0. The average molecular weight is 412 g/mol. The number of nitrogens with zero attached hydrogens (tertiary/aromatic N) is 1. The molecular formula is C20H14ClN3O3S. The van der Waals surface area contributed by atoms with E-state index in [1.54, 1.807) is 54.6 Å². The van der Waals surface area contributed by atoms with E-state index in [9.17, 15) is 13.2 Å². The van der Waals surface area contributed by atoms with Crippen LogP contribution < -0.4 is 10.3 Å². The van der Waals surface area contributed by atoms with Gasteiger partial charge in [0.1, 0.15) is 5.69 Å². The molecule has 0 unspecified atom stereocenters. The van der Waals surface area contributed by atoms with Gasteiger partial charge in [-0.15, -0.1) is 0 Å². The Bertz CT molecular complexity index is 1340. The average Bonchev–Trinajstić information content (AvgIpc) is 2.68. The highest BCUT2D eigenvalue weighted by Gasteiger charge is 2.19. The first-order chi connectivity index (χ1) is 13.4. The highest BCUT2D eigenvalue weighted by atomic mass is 35.5. The maximum Gasteiger partial charge on any atom is 0.275 e. The van der Waals surface area contributed by atoms with Gasteiger partial charge in [-0.1, -0.05) is 41.9 Å². The van der Waals surface area contributed by atoms with Gasteiger partial charge in [-0.2, -0.15) is 0 Å². The van der Waals surface area contributed by atoms with E-state index in [0.29, 0.717) is 21.6 Å². The number of rotatable bonds is 4. The van der Waals surface area contributed by atoms with Crippen LogP contribution in [0.15, 0.2) is 82.5 Å². The zero-order chi connectivity index (χ0) is 19.7. The molecule has 8 heteroatoms. The smallest absolute Gasteiger partial charge is 0.275 e. The number of anilines is 1. The molecule has 0 amide bonds. The molecule has 2 N–H and O–H groups in total. The van der Waals surface area contributed by atoms with Crippen LogP contribution in [0.4, 0.5) is 5.69 Å². The van der Waals surface area contributed by atoms with E-state index in [1.165, 1.54) is 18.2 Å². The summed E-state index contributed by atoms with van der Waals surface area (Å²) in [6, 6.07) is 19.6. The van der Waals surface area contributed by atoms with Crippen molar-refractivity contribution < 1.29 is 8.42 Å². The van der Waals surface area contributed by atoms with Crippen LogP contribution in [0.5, 0.6) is 0 Å². The van der Waals surface area contributed by atoms with Crippen molar-refractivity contribution in [3.8, 4) is 11.3 Å². The molecule has 0 bridgehead atoms. The molecule has 1 aromatic heterocycles. The van der Waals surface area contributed by atoms with Crippen molar-refractivity contribution in [3.63, 3.8) is 0 Å². The number of sulfonamides is 1. The third-order valence-corrected chi connectivity index (χ3v) is 5.75. The predicted octanol–water partition coefficient (Wildman–Crippen LogP) is 4.04. The standard InChI is InChI=1S/C20H14ClN3O3S/c21-13-10-11-15(19-20(25)23-17-9-5-4-8-16(17)22-19)18(12-13)24-28(26,27)14-6-2-1-3-7-14/h1-12,24H,(H,23,25). The van der Waals surface area contributed by atoms with Crippen molar-refractivity contribution in [2.45, 2.75) is 4.90 Å². The molecule has 0 spiro atoms. The molecule has 0 fully saturated rings. The van der Waals surface area contributed by atoms with Crippen LogP contribution in [-0.4, -0.2) is 18.4 Å². The molecular weight excluding hydrogens is 398 g/mol. The Morgan fingerprint density at radius 2 is 1.64 bits per heavy atom. The Morgan fingerprint density at radius 1 is 0.929 bits per heavy atom. The Kier molecular flexibility index (Phi) is 4.62. The van der Waals surface area contributed by atoms with Gasteiger partial charge in [-0.05, 0) is 42.5 Å². The molecule has 0 saturated heterocycles. The van der Waals surface area contributed by atoms with Crippen molar-refractivity contribution in [1.29, 1.82) is 0 Å². The number of para-hydroxylation sites is 2. The summed E-state index contributed by atoms with van der Waals surface area (Å²) >= 11 is 6.07. The molecule has 0 saturated carbocycles. The highest BCUT2D eigenvalue weighted by Crippen LogP contribution is 2.30. The molecule has 0 aliphatic carbocycles. The maximum atomic E-state index is 12.7. The SMILES string of the molecule is O=c1[nH]c2ccccc2nc1-c1ccc(Cl)cc1NS(=O)(=O)c1ccccc1. The molecule has 6 nitrogen and oxygen atoms in total. The summed E-state index contributed by atoms with van der Waals surface area (Å²) in [5, 5.41) is 0.326. The van der Waals surface area contributed by atoms with E-state index >= 15 is 0 Å². The first kappa shape index (κ1) is 18.2. The molecule has 0 atom stereocenters. The number of aromatic amines is 1. The Hall–Kier alpha value is -3.16. The minimum atomic E-state index is -3.86. The molecule has 28 heavy (non-hydrogen) atoms. The minimum absolute atomic E-state index is 0.0983. The normalized spacial score (nSPS) is 11.5. The van der Waals surface area contributed by atoms with Crippen molar-refractivity contribution in [2.75, 3.05) is 4.72 Å².